The predicted molar refractivity (Wildman–Crippen MR) is 117 cm³/mol. The van der Waals surface area contributed by atoms with Crippen LogP contribution in [0.4, 0.5) is 0 Å². The largest absolute Gasteiger partial charge is 1.00 e. The second-order valence-electron chi connectivity index (χ2n) is 7.34. The molecule has 142 valence electrons. The smallest absolute Gasteiger partial charge is 0.374 e. The number of ether oxygens (including phenoxy) is 1. The number of hydrogen-bond acceptors (Lipinski definition) is 1. The van der Waals surface area contributed by atoms with Crippen LogP contribution in [-0.4, -0.2) is 6.61 Å². The maximum absolute atomic E-state index is 5.97. The van der Waals surface area contributed by atoms with E-state index in [1.165, 1.54) is 46.2 Å². The SMILES string of the molecule is CC/C(=C(/c1cc[c-]cc1)c1ccc(C2CCCCO2)cc1)c1ccccc1.[Li+]. The molecule has 1 saturated heterocycles. The summed E-state index contributed by atoms with van der Waals surface area (Å²) in [6.07, 6.45) is 4.79. The third kappa shape index (κ3) is 5.12. The van der Waals surface area contributed by atoms with Crippen molar-refractivity contribution in [1.82, 2.24) is 0 Å². The third-order valence-corrected chi connectivity index (χ3v) is 5.54. The normalized spacial score (nSPS) is 17.2. The van der Waals surface area contributed by atoms with Gasteiger partial charge >= 0.3 is 18.9 Å². The second-order valence-corrected chi connectivity index (χ2v) is 7.34. The Morgan fingerprint density at radius 2 is 1.55 bits per heavy atom. The molecule has 1 nitrogen and oxygen atoms in total. The monoisotopic (exact) mass is 374 g/mol. The van der Waals surface area contributed by atoms with Gasteiger partial charge in [0.1, 0.15) is 0 Å². The fraction of sp³-hybridized carbons (Fsp3) is 0.259. The Kier molecular flexibility index (Phi) is 7.96. The Labute approximate surface area is 187 Å². The minimum Gasteiger partial charge on any atom is -0.374 e. The van der Waals surface area contributed by atoms with Crippen LogP contribution in [0.1, 0.15) is 61.0 Å². The Balaban J connectivity index is 0.00000240. The minimum atomic E-state index is 0. The van der Waals surface area contributed by atoms with Gasteiger partial charge in [0.2, 0.25) is 0 Å². The molecule has 1 unspecified atom stereocenters. The van der Waals surface area contributed by atoms with Gasteiger partial charge in [-0.2, -0.15) is 30.3 Å². The Morgan fingerprint density at radius 1 is 0.862 bits per heavy atom. The van der Waals surface area contributed by atoms with Crippen LogP contribution in [0.3, 0.4) is 0 Å². The van der Waals surface area contributed by atoms with Crippen molar-refractivity contribution < 1.29 is 23.6 Å². The van der Waals surface area contributed by atoms with Crippen molar-refractivity contribution in [2.24, 2.45) is 0 Å². The second kappa shape index (κ2) is 10.7. The maximum Gasteiger partial charge on any atom is 1.00 e. The van der Waals surface area contributed by atoms with E-state index in [0.29, 0.717) is 0 Å². The van der Waals surface area contributed by atoms with Crippen molar-refractivity contribution in [2.45, 2.75) is 38.7 Å². The predicted octanol–water partition coefficient (Wildman–Crippen LogP) is 4.10. The molecule has 1 heterocycles. The van der Waals surface area contributed by atoms with Crippen molar-refractivity contribution in [3.63, 3.8) is 0 Å². The zero-order valence-electron chi connectivity index (χ0n) is 17.5. The molecule has 1 fully saturated rings. The van der Waals surface area contributed by atoms with Crippen LogP contribution in [0.15, 0.2) is 78.9 Å². The summed E-state index contributed by atoms with van der Waals surface area (Å²) in [5.41, 5.74) is 7.74. The van der Waals surface area contributed by atoms with Gasteiger partial charge in [0.25, 0.3) is 0 Å². The van der Waals surface area contributed by atoms with E-state index in [1.54, 1.807) is 0 Å². The standard InChI is InChI=1S/C27H27O.Li/c1-2-25(21-11-5-3-6-12-21)27(23-13-7-4-8-14-23)24-18-16-22(17-19-24)26-15-9-10-20-28-26;/h3,5-8,11-14,16-19,26H,2,9-10,15,20H2,1H3;/q-1;+1/b27-25+;. The molecule has 0 aliphatic carbocycles. The molecule has 29 heavy (non-hydrogen) atoms. The van der Waals surface area contributed by atoms with Crippen molar-refractivity contribution in [3.05, 3.63) is 107 Å². The molecule has 0 N–H and O–H groups in total. The molecule has 1 aliphatic rings. The molecule has 0 saturated carbocycles. The van der Waals surface area contributed by atoms with Crippen LogP contribution in [0.5, 0.6) is 0 Å². The molecule has 1 atom stereocenters. The van der Waals surface area contributed by atoms with Crippen LogP contribution in [0, 0.1) is 6.07 Å². The van der Waals surface area contributed by atoms with E-state index in [1.807, 2.05) is 12.1 Å². The van der Waals surface area contributed by atoms with Gasteiger partial charge < -0.3 is 4.74 Å². The molecule has 4 rings (SSSR count). The van der Waals surface area contributed by atoms with Gasteiger partial charge in [0, 0.05) is 6.61 Å². The molecule has 0 spiro atoms. The summed E-state index contributed by atoms with van der Waals surface area (Å²) in [7, 11) is 0. The van der Waals surface area contributed by atoms with Crippen molar-refractivity contribution in [2.75, 3.05) is 6.61 Å². The Morgan fingerprint density at radius 3 is 2.17 bits per heavy atom. The van der Waals surface area contributed by atoms with Gasteiger partial charge in [-0.3, -0.25) is 0 Å². The quantitative estimate of drug-likeness (QED) is 0.371. The summed E-state index contributed by atoms with van der Waals surface area (Å²) in [6, 6.07) is 31.2. The number of benzene rings is 3. The summed E-state index contributed by atoms with van der Waals surface area (Å²) in [5, 5.41) is 0. The fourth-order valence-corrected chi connectivity index (χ4v) is 4.10. The van der Waals surface area contributed by atoms with Crippen molar-refractivity contribution in [1.29, 1.82) is 0 Å². The summed E-state index contributed by atoms with van der Waals surface area (Å²) in [4.78, 5) is 0. The molecule has 3 aromatic rings. The van der Waals surface area contributed by atoms with Crippen LogP contribution in [0.2, 0.25) is 0 Å². The summed E-state index contributed by atoms with van der Waals surface area (Å²) < 4.78 is 5.97. The zero-order valence-corrected chi connectivity index (χ0v) is 17.5. The maximum atomic E-state index is 5.97. The fourth-order valence-electron chi connectivity index (χ4n) is 4.10. The molecule has 0 aromatic heterocycles. The van der Waals surface area contributed by atoms with E-state index < -0.39 is 0 Å². The molecule has 3 aromatic carbocycles. The first-order valence-electron chi connectivity index (χ1n) is 10.3. The molecule has 2 heteroatoms. The van der Waals surface area contributed by atoms with E-state index in [2.05, 4.69) is 79.7 Å². The molecular formula is C27H27LiO. The van der Waals surface area contributed by atoms with E-state index >= 15 is 0 Å². The summed E-state index contributed by atoms with van der Waals surface area (Å²) >= 11 is 0. The van der Waals surface area contributed by atoms with Gasteiger partial charge in [-0.05, 0) is 53.5 Å². The van der Waals surface area contributed by atoms with E-state index in [-0.39, 0.29) is 25.0 Å². The first kappa shape index (κ1) is 21.7. The number of hydrogen-bond donors (Lipinski definition) is 0. The topological polar surface area (TPSA) is 9.23 Å². The van der Waals surface area contributed by atoms with E-state index in [4.69, 9.17) is 4.74 Å². The van der Waals surface area contributed by atoms with Crippen LogP contribution in [-0.2, 0) is 4.74 Å². The van der Waals surface area contributed by atoms with Crippen molar-refractivity contribution in [3.8, 4) is 0 Å². The molecular weight excluding hydrogens is 347 g/mol. The average molecular weight is 374 g/mol. The van der Waals surface area contributed by atoms with E-state index in [0.717, 1.165) is 19.4 Å². The number of rotatable bonds is 5. The summed E-state index contributed by atoms with van der Waals surface area (Å²) in [6.45, 7) is 3.12. The third-order valence-electron chi connectivity index (χ3n) is 5.54. The minimum absolute atomic E-state index is 0. The van der Waals surface area contributed by atoms with Gasteiger partial charge in [0.15, 0.2) is 0 Å². The van der Waals surface area contributed by atoms with E-state index in [9.17, 15) is 0 Å². The first-order valence-corrected chi connectivity index (χ1v) is 10.3. The van der Waals surface area contributed by atoms with Crippen LogP contribution < -0.4 is 18.9 Å². The molecule has 0 radical (unpaired) electrons. The van der Waals surface area contributed by atoms with Gasteiger partial charge in [0.05, 0.1) is 6.10 Å². The van der Waals surface area contributed by atoms with Gasteiger partial charge in [-0.15, -0.1) is 5.56 Å². The first-order chi connectivity index (χ1) is 13.9. The number of allylic oxidation sites excluding steroid dienone is 1. The van der Waals surface area contributed by atoms with Gasteiger partial charge in [-0.25, -0.2) is 0 Å². The molecule has 0 bridgehead atoms. The van der Waals surface area contributed by atoms with Gasteiger partial charge in [-0.1, -0.05) is 61.5 Å². The molecule has 0 amide bonds. The summed E-state index contributed by atoms with van der Waals surface area (Å²) in [5.74, 6) is 0. The molecule has 1 aliphatic heterocycles. The Bertz CT molecular complexity index is 908. The van der Waals surface area contributed by atoms with Crippen LogP contribution >= 0.6 is 0 Å². The average Bonchev–Trinajstić information content (AvgIpc) is 2.79. The zero-order chi connectivity index (χ0) is 19.2. The Hall–Kier alpha value is -2.04. The van der Waals surface area contributed by atoms with Crippen LogP contribution in [0.25, 0.3) is 11.1 Å². The van der Waals surface area contributed by atoms with Crippen molar-refractivity contribution >= 4 is 11.1 Å².